The fourth-order valence-electron chi connectivity index (χ4n) is 5.15. The Morgan fingerprint density at radius 2 is 1.48 bits per heavy atom. The Kier molecular flexibility index (Phi) is 9.30. The van der Waals surface area contributed by atoms with Crippen molar-refractivity contribution in [2.24, 2.45) is 5.92 Å². The van der Waals surface area contributed by atoms with Gasteiger partial charge >= 0.3 is 0 Å². The molecule has 3 nitrogen and oxygen atoms in total. The van der Waals surface area contributed by atoms with Gasteiger partial charge in [0.05, 0.1) is 5.60 Å². The highest BCUT2D eigenvalue weighted by Crippen LogP contribution is 2.34. The molecule has 0 amide bonds. The number of aliphatic hydroxyl groups is 1. The first-order valence-electron chi connectivity index (χ1n) is 11.9. The van der Waals surface area contributed by atoms with Crippen LogP contribution >= 0.6 is 11.6 Å². The molecule has 1 aromatic rings. The highest BCUT2D eigenvalue weighted by molar-refractivity contribution is 6.30. The average molecular weight is 421 g/mol. The van der Waals surface area contributed by atoms with Gasteiger partial charge in [0.25, 0.3) is 0 Å². The third-order valence-corrected chi connectivity index (χ3v) is 7.42. The van der Waals surface area contributed by atoms with Crippen molar-refractivity contribution in [1.29, 1.82) is 0 Å². The topological polar surface area (TPSA) is 26.7 Å². The number of nitrogens with zero attached hydrogens (tertiary/aromatic N) is 2. The summed E-state index contributed by atoms with van der Waals surface area (Å²) in [7, 11) is 2.21. The van der Waals surface area contributed by atoms with Gasteiger partial charge in [0.1, 0.15) is 0 Å². The van der Waals surface area contributed by atoms with Gasteiger partial charge in [-0.15, -0.1) is 0 Å². The fourth-order valence-corrected chi connectivity index (χ4v) is 5.27. The van der Waals surface area contributed by atoms with E-state index in [-0.39, 0.29) is 0 Å². The van der Waals surface area contributed by atoms with E-state index in [0.717, 1.165) is 63.4 Å². The molecule has 1 aromatic carbocycles. The summed E-state index contributed by atoms with van der Waals surface area (Å²) in [5, 5.41) is 12.8. The van der Waals surface area contributed by atoms with Crippen LogP contribution < -0.4 is 0 Å². The molecule has 0 radical (unpaired) electrons. The maximum atomic E-state index is 12.1. The third-order valence-electron chi connectivity index (χ3n) is 7.17. The lowest BCUT2D eigenvalue weighted by Gasteiger charge is -2.42. The molecule has 1 aliphatic heterocycles. The predicted molar refractivity (Wildman–Crippen MR) is 124 cm³/mol. The van der Waals surface area contributed by atoms with Crippen LogP contribution in [0.5, 0.6) is 0 Å². The molecule has 2 unspecified atom stereocenters. The average Bonchev–Trinajstić information content (AvgIpc) is 2.71. The highest BCUT2D eigenvalue weighted by Gasteiger charge is 2.37. The van der Waals surface area contributed by atoms with Crippen LogP contribution in [0, 0.1) is 5.92 Å². The molecule has 2 fully saturated rings. The number of benzene rings is 1. The molecule has 2 aliphatic rings. The maximum absolute atomic E-state index is 12.1. The standard InChI is InChI=1S/C25H41ClN2O/c1-27-16-18-28(19-17-27)21-23-10-8-6-4-2-3-5-7-9-15-25(23,29)20-22-11-13-24(26)14-12-22/h11-14,23,29H,2-10,15-21H2,1H3. The smallest absolute Gasteiger partial charge is 0.0728 e. The Morgan fingerprint density at radius 3 is 2.14 bits per heavy atom. The second-order valence-electron chi connectivity index (χ2n) is 9.57. The van der Waals surface area contributed by atoms with E-state index in [0.29, 0.717) is 5.92 Å². The van der Waals surface area contributed by atoms with Crippen LogP contribution in [0.25, 0.3) is 0 Å². The molecule has 1 saturated carbocycles. The van der Waals surface area contributed by atoms with Gasteiger partial charge in [-0.05, 0) is 37.6 Å². The number of halogens is 1. The normalized spacial score (nSPS) is 29.1. The Morgan fingerprint density at radius 1 is 0.897 bits per heavy atom. The van der Waals surface area contributed by atoms with Crippen LogP contribution in [0.15, 0.2) is 24.3 Å². The lowest BCUT2D eigenvalue weighted by molar-refractivity contribution is -0.0480. The fraction of sp³-hybridized carbons (Fsp3) is 0.760. The van der Waals surface area contributed by atoms with Crippen molar-refractivity contribution < 1.29 is 5.11 Å². The van der Waals surface area contributed by atoms with Gasteiger partial charge in [0, 0.05) is 50.1 Å². The summed E-state index contributed by atoms with van der Waals surface area (Å²) in [4.78, 5) is 5.01. The molecule has 0 spiro atoms. The van der Waals surface area contributed by atoms with Crippen LogP contribution in [-0.2, 0) is 6.42 Å². The lowest BCUT2D eigenvalue weighted by atomic mass is 9.75. The number of likely N-dealkylation sites (N-methyl/N-ethyl adjacent to an activating group) is 1. The van der Waals surface area contributed by atoms with Crippen LogP contribution in [0.2, 0.25) is 5.02 Å². The minimum absolute atomic E-state index is 0.348. The zero-order chi connectivity index (χ0) is 20.5. The van der Waals surface area contributed by atoms with Crippen LogP contribution in [0.1, 0.15) is 69.8 Å². The number of rotatable bonds is 4. The van der Waals surface area contributed by atoms with E-state index in [4.69, 9.17) is 11.6 Å². The summed E-state index contributed by atoms with van der Waals surface area (Å²) in [5.41, 5.74) is 0.600. The Labute approximate surface area is 183 Å². The number of hydrogen-bond donors (Lipinski definition) is 1. The number of piperazine rings is 1. The molecule has 29 heavy (non-hydrogen) atoms. The summed E-state index contributed by atoms with van der Waals surface area (Å²) < 4.78 is 0. The molecule has 1 saturated heterocycles. The quantitative estimate of drug-likeness (QED) is 0.707. The zero-order valence-corrected chi connectivity index (χ0v) is 19.2. The van der Waals surface area contributed by atoms with E-state index in [9.17, 15) is 5.11 Å². The summed E-state index contributed by atoms with van der Waals surface area (Å²) in [6.45, 7) is 5.58. The van der Waals surface area contributed by atoms with Crippen molar-refractivity contribution >= 4 is 11.6 Å². The first-order valence-corrected chi connectivity index (χ1v) is 12.3. The molecule has 0 bridgehead atoms. The van der Waals surface area contributed by atoms with Crippen molar-refractivity contribution in [3.8, 4) is 0 Å². The Bertz CT molecular complexity index is 585. The first-order chi connectivity index (χ1) is 14.0. The zero-order valence-electron chi connectivity index (χ0n) is 18.4. The first kappa shape index (κ1) is 23.1. The van der Waals surface area contributed by atoms with Crippen molar-refractivity contribution in [1.82, 2.24) is 9.80 Å². The van der Waals surface area contributed by atoms with Crippen LogP contribution in [0.3, 0.4) is 0 Å². The highest BCUT2D eigenvalue weighted by atomic mass is 35.5. The van der Waals surface area contributed by atoms with Gasteiger partial charge in [-0.25, -0.2) is 0 Å². The molecular weight excluding hydrogens is 380 g/mol. The molecular formula is C25H41ClN2O. The SMILES string of the molecule is CN1CCN(CC2CCCCCCCCCCC2(O)Cc2ccc(Cl)cc2)CC1. The van der Waals surface area contributed by atoms with Crippen LogP contribution in [-0.4, -0.2) is 60.3 Å². The van der Waals surface area contributed by atoms with Crippen molar-refractivity contribution in [3.05, 3.63) is 34.9 Å². The predicted octanol–water partition coefficient (Wildman–Crippen LogP) is 5.39. The van der Waals surface area contributed by atoms with Gasteiger partial charge in [0.15, 0.2) is 0 Å². The van der Waals surface area contributed by atoms with Crippen molar-refractivity contribution in [2.45, 2.75) is 76.2 Å². The van der Waals surface area contributed by atoms with E-state index in [2.05, 4.69) is 29.0 Å². The van der Waals surface area contributed by atoms with Gasteiger partial charge in [-0.2, -0.15) is 0 Å². The van der Waals surface area contributed by atoms with E-state index < -0.39 is 5.60 Å². The largest absolute Gasteiger partial charge is 0.389 e. The molecule has 4 heteroatoms. The second kappa shape index (κ2) is 11.7. The maximum Gasteiger partial charge on any atom is 0.0728 e. The number of hydrogen-bond acceptors (Lipinski definition) is 3. The molecule has 1 N–H and O–H groups in total. The minimum Gasteiger partial charge on any atom is -0.389 e. The summed E-state index contributed by atoms with van der Waals surface area (Å²) in [6.07, 6.45) is 13.2. The Hall–Kier alpha value is -0.610. The van der Waals surface area contributed by atoms with E-state index >= 15 is 0 Å². The van der Waals surface area contributed by atoms with E-state index in [1.54, 1.807) is 0 Å². The Balaban J connectivity index is 1.75. The van der Waals surface area contributed by atoms with Crippen molar-refractivity contribution in [3.63, 3.8) is 0 Å². The summed E-state index contributed by atoms with van der Waals surface area (Å²) >= 11 is 6.11. The molecule has 1 aliphatic carbocycles. The lowest BCUT2D eigenvalue weighted by Crippen LogP contribution is -2.51. The summed E-state index contributed by atoms with van der Waals surface area (Å²) in [5.74, 6) is 0.348. The molecule has 3 rings (SSSR count). The van der Waals surface area contributed by atoms with Gasteiger partial charge < -0.3 is 14.9 Å². The van der Waals surface area contributed by atoms with E-state index in [1.165, 1.54) is 50.5 Å². The van der Waals surface area contributed by atoms with Gasteiger partial charge in [0.2, 0.25) is 0 Å². The van der Waals surface area contributed by atoms with Gasteiger partial charge in [-0.1, -0.05) is 75.1 Å². The second-order valence-corrected chi connectivity index (χ2v) is 10.0. The minimum atomic E-state index is -0.615. The van der Waals surface area contributed by atoms with E-state index in [1.807, 2.05) is 12.1 Å². The third kappa shape index (κ3) is 7.54. The monoisotopic (exact) mass is 420 g/mol. The van der Waals surface area contributed by atoms with Crippen LogP contribution in [0.4, 0.5) is 0 Å². The van der Waals surface area contributed by atoms with Crippen molar-refractivity contribution in [2.75, 3.05) is 39.8 Å². The summed E-state index contributed by atoms with van der Waals surface area (Å²) in [6, 6.07) is 8.13. The molecule has 0 aromatic heterocycles. The molecule has 164 valence electrons. The molecule has 2 atom stereocenters. The van der Waals surface area contributed by atoms with Gasteiger partial charge in [-0.3, -0.25) is 0 Å². The molecule has 1 heterocycles.